The van der Waals surface area contributed by atoms with Gasteiger partial charge in [0.25, 0.3) is 5.56 Å². The number of likely N-dealkylation sites (tertiary alicyclic amines) is 1. The SMILES string of the molecule is C=S(=O)(c1ccccc1)c1cc(Cl)c(-c2cc3cnc(Nc4ccc(OC5CCN(C)C5)cc4)nc3n(C3CCN(S(C)(=O)=O)CC3)c2=O)c(Cl)c1. The number of halogens is 2. The minimum Gasteiger partial charge on any atom is -0.489 e. The van der Waals surface area contributed by atoms with Crippen LogP contribution in [-0.4, -0.2) is 87.8 Å². The Morgan fingerprint density at radius 2 is 1.58 bits per heavy atom. The molecule has 5 aromatic rings. The highest BCUT2D eigenvalue weighted by molar-refractivity contribution is 8.00. The van der Waals surface area contributed by atoms with Crippen molar-refractivity contribution in [3.8, 4) is 16.9 Å². The van der Waals surface area contributed by atoms with Crippen molar-refractivity contribution in [2.24, 2.45) is 0 Å². The highest BCUT2D eigenvalue weighted by atomic mass is 35.5. The van der Waals surface area contributed by atoms with Gasteiger partial charge in [-0.3, -0.25) is 13.6 Å². The third kappa shape index (κ3) is 7.43. The summed E-state index contributed by atoms with van der Waals surface area (Å²) in [6.07, 6.45) is 4.71. The molecule has 7 rings (SSSR count). The van der Waals surface area contributed by atoms with Crippen LogP contribution in [0.2, 0.25) is 10.0 Å². The molecule has 4 heterocycles. The van der Waals surface area contributed by atoms with Gasteiger partial charge in [-0.25, -0.2) is 17.7 Å². The number of pyridine rings is 1. The average Bonchev–Trinajstić information content (AvgIpc) is 3.53. The summed E-state index contributed by atoms with van der Waals surface area (Å²) in [5.41, 5.74) is 1.20. The summed E-state index contributed by atoms with van der Waals surface area (Å²) in [5, 5.41) is 4.06. The molecular weight excluding hydrogens is 743 g/mol. The Balaban J connectivity index is 1.27. The van der Waals surface area contributed by atoms with Crippen LogP contribution in [0.3, 0.4) is 0 Å². The second-order valence-corrected chi connectivity index (χ2v) is 18.4. The first-order valence-corrected chi connectivity index (χ1v) is 21.1. The topological polar surface area (TPSA) is 127 Å². The van der Waals surface area contributed by atoms with Crippen LogP contribution in [0.25, 0.3) is 22.2 Å². The number of hydrogen-bond acceptors (Lipinski definition) is 9. The number of likely N-dealkylation sites (N-methyl/N-ethyl adjacent to an activating group) is 1. The lowest BCUT2D eigenvalue weighted by atomic mass is 10.0. The van der Waals surface area contributed by atoms with E-state index in [2.05, 4.69) is 28.1 Å². The van der Waals surface area contributed by atoms with Crippen molar-refractivity contribution in [1.82, 2.24) is 23.7 Å². The van der Waals surface area contributed by atoms with E-state index in [1.54, 1.807) is 41.1 Å². The van der Waals surface area contributed by atoms with Gasteiger partial charge in [0.2, 0.25) is 16.0 Å². The molecule has 2 aromatic heterocycles. The van der Waals surface area contributed by atoms with Crippen molar-refractivity contribution >= 4 is 71.3 Å². The van der Waals surface area contributed by atoms with Crippen molar-refractivity contribution in [1.29, 1.82) is 0 Å². The number of fused-ring (bicyclic) bond motifs is 1. The van der Waals surface area contributed by atoms with E-state index in [9.17, 15) is 17.4 Å². The van der Waals surface area contributed by atoms with E-state index >= 15 is 0 Å². The predicted molar refractivity (Wildman–Crippen MR) is 208 cm³/mol. The lowest BCUT2D eigenvalue weighted by Crippen LogP contribution is -2.40. The molecular formula is C37H38Cl2N6O5S2. The molecule has 272 valence electrons. The molecule has 11 nitrogen and oxygen atoms in total. The summed E-state index contributed by atoms with van der Waals surface area (Å²) in [6, 6.07) is 20.7. The monoisotopic (exact) mass is 780 g/mol. The maximum atomic E-state index is 14.6. The lowest BCUT2D eigenvalue weighted by molar-refractivity contribution is 0.208. The molecule has 2 aliphatic rings. The molecule has 0 saturated carbocycles. The molecule has 3 aromatic carbocycles. The van der Waals surface area contributed by atoms with Crippen LogP contribution >= 0.6 is 23.2 Å². The van der Waals surface area contributed by atoms with E-state index in [4.69, 9.17) is 32.9 Å². The number of anilines is 2. The minimum atomic E-state index is -3.40. The largest absolute Gasteiger partial charge is 0.489 e. The van der Waals surface area contributed by atoms with Crippen LogP contribution in [0.1, 0.15) is 25.3 Å². The first-order chi connectivity index (χ1) is 24.8. The number of sulfonamides is 1. The molecule has 2 atom stereocenters. The highest BCUT2D eigenvalue weighted by Crippen LogP contribution is 2.39. The van der Waals surface area contributed by atoms with Gasteiger partial charge in [-0.05, 0) is 86.8 Å². The van der Waals surface area contributed by atoms with E-state index in [0.29, 0.717) is 33.7 Å². The second-order valence-electron chi connectivity index (χ2n) is 13.3. The quantitative estimate of drug-likeness (QED) is 0.171. The number of nitrogens with zero attached hydrogens (tertiary/aromatic N) is 5. The number of ether oxygens (including phenoxy) is 1. The third-order valence-corrected chi connectivity index (χ3v) is 13.5. The van der Waals surface area contributed by atoms with Gasteiger partial charge in [-0.2, -0.15) is 4.98 Å². The number of benzene rings is 3. The van der Waals surface area contributed by atoms with Crippen molar-refractivity contribution in [3.63, 3.8) is 0 Å². The van der Waals surface area contributed by atoms with Crippen molar-refractivity contribution in [2.45, 2.75) is 41.2 Å². The fourth-order valence-corrected chi connectivity index (χ4v) is 10.0. The zero-order valence-corrected chi connectivity index (χ0v) is 31.8. The van der Waals surface area contributed by atoms with Crippen LogP contribution in [0, 0.1) is 0 Å². The van der Waals surface area contributed by atoms with Gasteiger partial charge in [-0.15, -0.1) is 0 Å². The minimum absolute atomic E-state index is 0.135. The van der Waals surface area contributed by atoms with Gasteiger partial charge < -0.3 is 15.0 Å². The standard InChI is InChI=1S/C37H38Cl2N6O5S2/c1-43-16-15-28(23-43)50-27-11-9-25(10-12-27)41-37-40-22-24-19-31(36(46)45(35(24)42-37)26-13-17-44(18-14-26)52(3,48)49)34-32(38)20-30(21-33(34)39)51(2,47)29-7-5-4-6-8-29/h4-12,19-22,26,28H,2,13-18,23H2,1,3H3,(H,40,41,42). The summed E-state index contributed by atoms with van der Waals surface area (Å²) >= 11 is 13.7. The fraction of sp³-hybridized carbons (Fsp3) is 0.297. The first kappa shape index (κ1) is 36.4. The van der Waals surface area contributed by atoms with Gasteiger partial charge >= 0.3 is 0 Å². The molecule has 2 aliphatic heterocycles. The van der Waals surface area contributed by atoms with E-state index in [-0.39, 0.29) is 52.4 Å². The molecule has 15 heteroatoms. The fourth-order valence-electron chi connectivity index (χ4n) is 6.83. The molecule has 2 unspecified atom stereocenters. The first-order valence-electron chi connectivity index (χ1n) is 16.8. The normalized spacial score (nSPS) is 18.7. The Kier molecular flexibility index (Phi) is 10.1. The van der Waals surface area contributed by atoms with Crippen molar-refractivity contribution in [3.05, 3.63) is 99.4 Å². The molecule has 0 radical (unpaired) electrons. The Labute approximate surface area is 313 Å². The maximum Gasteiger partial charge on any atom is 0.260 e. The Hall–Kier alpha value is -3.98. The molecule has 0 spiro atoms. The van der Waals surface area contributed by atoms with Gasteiger partial charge in [0, 0.05) is 74.4 Å². The summed E-state index contributed by atoms with van der Waals surface area (Å²) in [7, 11) is -4.27. The maximum absolute atomic E-state index is 14.6. The molecule has 2 fully saturated rings. The lowest BCUT2D eigenvalue weighted by Gasteiger charge is -2.32. The van der Waals surface area contributed by atoms with Gasteiger partial charge in [0.1, 0.15) is 17.5 Å². The summed E-state index contributed by atoms with van der Waals surface area (Å²) in [5.74, 6) is 5.04. The predicted octanol–water partition coefficient (Wildman–Crippen LogP) is 6.32. The number of hydrogen-bond donors (Lipinski definition) is 1. The molecule has 0 bridgehead atoms. The Morgan fingerprint density at radius 1 is 0.904 bits per heavy atom. The van der Waals surface area contributed by atoms with Crippen LogP contribution in [0.15, 0.2) is 93.6 Å². The van der Waals surface area contributed by atoms with Gasteiger partial charge in [0.15, 0.2) is 0 Å². The second kappa shape index (κ2) is 14.4. The number of rotatable bonds is 9. The van der Waals surface area contributed by atoms with Crippen LogP contribution in [0.5, 0.6) is 5.75 Å². The van der Waals surface area contributed by atoms with E-state index in [1.807, 2.05) is 30.3 Å². The average molecular weight is 782 g/mol. The number of aromatic nitrogens is 3. The summed E-state index contributed by atoms with van der Waals surface area (Å²) in [4.78, 5) is 27.0. The Morgan fingerprint density at radius 3 is 2.19 bits per heavy atom. The molecule has 0 aliphatic carbocycles. The highest BCUT2D eigenvalue weighted by Gasteiger charge is 2.30. The van der Waals surface area contributed by atoms with Gasteiger partial charge in [0.05, 0.1) is 21.9 Å². The van der Waals surface area contributed by atoms with Crippen LogP contribution in [0.4, 0.5) is 11.6 Å². The van der Waals surface area contributed by atoms with Gasteiger partial charge in [-0.1, -0.05) is 41.4 Å². The van der Waals surface area contributed by atoms with E-state index < -0.39 is 25.1 Å². The van der Waals surface area contributed by atoms with E-state index in [1.165, 1.54) is 22.7 Å². The summed E-state index contributed by atoms with van der Waals surface area (Å²) < 4.78 is 47.6. The van der Waals surface area contributed by atoms with Crippen molar-refractivity contribution in [2.75, 3.05) is 44.8 Å². The number of piperidine rings is 1. The Bertz CT molecular complexity index is 2400. The van der Waals surface area contributed by atoms with Crippen LogP contribution < -0.4 is 15.6 Å². The zero-order chi connectivity index (χ0) is 36.8. The summed E-state index contributed by atoms with van der Waals surface area (Å²) in [6.45, 7) is 2.39. The third-order valence-electron chi connectivity index (χ3n) is 9.58. The van der Waals surface area contributed by atoms with Crippen LogP contribution in [-0.2, 0) is 19.5 Å². The smallest absolute Gasteiger partial charge is 0.260 e. The number of nitrogens with one attached hydrogen (secondary N) is 1. The van der Waals surface area contributed by atoms with E-state index in [0.717, 1.165) is 30.9 Å². The molecule has 2 saturated heterocycles. The molecule has 1 N–H and O–H groups in total. The molecule has 52 heavy (non-hydrogen) atoms. The zero-order valence-electron chi connectivity index (χ0n) is 28.7. The van der Waals surface area contributed by atoms with Crippen molar-refractivity contribution < 1.29 is 17.4 Å². The molecule has 0 amide bonds.